The Hall–Kier alpha value is -2.36. The van der Waals surface area contributed by atoms with Crippen molar-refractivity contribution in [3.63, 3.8) is 0 Å². The number of benzene rings is 2. The Morgan fingerprint density at radius 1 is 1.18 bits per heavy atom. The van der Waals surface area contributed by atoms with Crippen molar-refractivity contribution < 1.29 is 12.9 Å². The molecule has 1 aliphatic rings. The van der Waals surface area contributed by atoms with Crippen molar-refractivity contribution in [3.05, 3.63) is 53.2 Å². The third-order valence-corrected chi connectivity index (χ3v) is 7.21. The van der Waals surface area contributed by atoms with E-state index in [-0.39, 0.29) is 4.90 Å². The highest BCUT2D eigenvalue weighted by Gasteiger charge is 2.27. The molecule has 1 aliphatic heterocycles. The zero-order valence-corrected chi connectivity index (χ0v) is 18.0. The van der Waals surface area contributed by atoms with Crippen LogP contribution in [0.2, 0.25) is 0 Å². The second-order valence-electron chi connectivity index (χ2n) is 6.78. The molecule has 1 atom stereocenters. The maximum atomic E-state index is 13.2. The number of anilines is 1. The number of nitrogens with one attached hydrogen (secondary N) is 1. The first-order valence-corrected chi connectivity index (χ1v) is 11.0. The summed E-state index contributed by atoms with van der Waals surface area (Å²) in [7, 11) is 0.0249. The molecule has 0 radical (unpaired) electrons. The van der Waals surface area contributed by atoms with Gasteiger partial charge in [0.25, 0.3) is 10.0 Å². The van der Waals surface area contributed by atoms with Gasteiger partial charge >= 0.3 is 0 Å². The molecule has 0 amide bonds. The van der Waals surface area contributed by atoms with E-state index in [1.54, 1.807) is 24.5 Å². The van der Waals surface area contributed by atoms with Crippen LogP contribution in [0.4, 0.5) is 5.69 Å². The molecule has 0 spiro atoms. The lowest BCUT2D eigenvalue weighted by atomic mass is 10.1. The van der Waals surface area contributed by atoms with Crippen LogP contribution >= 0.6 is 15.9 Å². The van der Waals surface area contributed by atoms with E-state index >= 15 is 0 Å². The summed E-state index contributed by atoms with van der Waals surface area (Å²) in [6.07, 6.45) is 3.21. The second kappa shape index (κ2) is 6.91. The number of hydrogen-bond acceptors (Lipinski definition) is 6. The predicted molar refractivity (Wildman–Crippen MR) is 112 cm³/mol. The van der Waals surface area contributed by atoms with Crippen LogP contribution in [-0.4, -0.2) is 37.6 Å². The lowest BCUT2D eigenvalue weighted by Gasteiger charge is -2.28. The van der Waals surface area contributed by atoms with Crippen molar-refractivity contribution in [2.45, 2.75) is 16.8 Å². The van der Waals surface area contributed by atoms with Gasteiger partial charge in [-0.2, -0.15) is 0 Å². The van der Waals surface area contributed by atoms with Crippen LogP contribution in [0.25, 0.3) is 22.5 Å². The Morgan fingerprint density at radius 3 is 2.64 bits per heavy atom. The minimum atomic E-state index is -3.84. The van der Waals surface area contributed by atoms with Crippen LogP contribution in [0.15, 0.2) is 52.0 Å². The molecule has 1 N–H and O–H groups in total. The summed E-state index contributed by atoms with van der Waals surface area (Å²) >= 11 is 3.52. The van der Waals surface area contributed by atoms with Crippen molar-refractivity contribution in [1.82, 2.24) is 15.0 Å². The summed E-state index contributed by atoms with van der Waals surface area (Å²) < 4.78 is 31.7. The van der Waals surface area contributed by atoms with Crippen LogP contribution in [0.1, 0.15) is 6.92 Å². The minimum absolute atomic E-state index is 0.218. The first kappa shape index (κ1) is 19.0. The van der Waals surface area contributed by atoms with Gasteiger partial charge in [-0.15, -0.1) is 4.83 Å². The molecule has 0 fully saturated rings. The zero-order valence-electron chi connectivity index (χ0n) is 15.5. The fourth-order valence-corrected chi connectivity index (χ4v) is 5.14. The third kappa shape index (κ3) is 3.09. The van der Waals surface area contributed by atoms with E-state index in [0.717, 1.165) is 16.6 Å². The zero-order chi connectivity index (χ0) is 20.1. The average molecular weight is 463 g/mol. The molecule has 3 aromatic rings. The summed E-state index contributed by atoms with van der Waals surface area (Å²) in [5.74, 6) is 0. The van der Waals surface area contributed by atoms with Crippen LogP contribution in [0, 0.1) is 0 Å². The Balaban J connectivity index is 1.79. The van der Waals surface area contributed by atoms with Gasteiger partial charge in [-0.1, -0.05) is 45.4 Å². The minimum Gasteiger partial charge on any atom is -0.377 e. The van der Waals surface area contributed by atoms with E-state index in [0.29, 0.717) is 16.0 Å². The van der Waals surface area contributed by atoms with E-state index in [1.165, 1.54) is 5.01 Å². The van der Waals surface area contributed by atoms with Crippen molar-refractivity contribution >= 4 is 54.2 Å². The van der Waals surface area contributed by atoms with E-state index < -0.39 is 15.0 Å². The molecular weight excluding hydrogens is 444 g/mol. The molecule has 0 bridgehead atoms. The topological polar surface area (TPSA) is 78.7 Å². The molecule has 9 heteroatoms. The highest BCUT2D eigenvalue weighted by Crippen LogP contribution is 2.30. The van der Waals surface area contributed by atoms with Crippen molar-refractivity contribution in [2.75, 3.05) is 19.0 Å². The monoisotopic (exact) mass is 462 g/mol. The number of aromatic nitrogens is 1. The summed E-state index contributed by atoms with van der Waals surface area (Å²) in [6.45, 7) is 1.86. The standard InChI is InChI=1S/C19H19BrN4O3S/c1-12-18-13(10-21-27-18)11-24(19(12)20)22-28(25,26)17-9-5-6-14-15(17)7-4-8-16(14)23(2)3/h4-11,19,22H,1-3H3. The molecular formula is C19H19BrN4O3S. The summed E-state index contributed by atoms with van der Waals surface area (Å²) in [4.78, 5) is 4.45. The number of fused-ring (bicyclic) bond motifs is 2. The number of rotatable bonds is 4. The van der Waals surface area contributed by atoms with Gasteiger partial charge in [-0.3, -0.25) is 5.01 Å². The number of nitrogens with zero attached hydrogens (tertiary/aromatic N) is 3. The van der Waals surface area contributed by atoms with Crippen LogP contribution in [0.5, 0.6) is 0 Å². The van der Waals surface area contributed by atoms with E-state index in [1.807, 2.05) is 50.2 Å². The number of hydrazine groups is 1. The SMILES string of the molecule is CC1=c2oncc2=CN(NS(=O)(=O)c2cccc3c(N(C)C)cccc23)C1Br. The lowest BCUT2D eigenvalue weighted by Crippen LogP contribution is -2.48. The van der Waals surface area contributed by atoms with Gasteiger partial charge in [0.15, 0.2) is 5.42 Å². The molecule has 0 saturated carbocycles. The highest BCUT2D eigenvalue weighted by molar-refractivity contribution is 9.09. The van der Waals surface area contributed by atoms with E-state index in [4.69, 9.17) is 4.52 Å². The first-order valence-electron chi connectivity index (χ1n) is 8.57. The van der Waals surface area contributed by atoms with Crippen molar-refractivity contribution in [3.8, 4) is 0 Å². The van der Waals surface area contributed by atoms with Crippen LogP contribution < -0.4 is 20.4 Å². The Morgan fingerprint density at radius 2 is 1.89 bits per heavy atom. The van der Waals surface area contributed by atoms with Gasteiger partial charge in [0.05, 0.1) is 16.3 Å². The Bertz CT molecular complexity index is 1280. The van der Waals surface area contributed by atoms with Gasteiger partial charge < -0.3 is 9.42 Å². The number of halogens is 1. The molecule has 1 aromatic heterocycles. The van der Waals surface area contributed by atoms with Gasteiger partial charge in [0, 0.05) is 42.3 Å². The summed E-state index contributed by atoms with van der Waals surface area (Å²) in [5.41, 5.74) is 2.42. The Kier molecular flexibility index (Phi) is 4.68. The molecule has 2 aromatic carbocycles. The molecule has 146 valence electrons. The summed E-state index contributed by atoms with van der Waals surface area (Å²) in [6, 6.07) is 10.9. The largest absolute Gasteiger partial charge is 0.377 e. The third-order valence-electron chi connectivity index (χ3n) is 4.69. The van der Waals surface area contributed by atoms with E-state index in [2.05, 4.69) is 25.9 Å². The number of sulfonamides is 1. The number of hydrogen-bond donors (Lipinski definition) is 1. The maximum absolute atomic E-state index is 13.2. The number of alkyl halides is 1. The second-order valence-corrected chi connectivity index (χ2v) is 9.28. The molecule has 4 rings (SSSR count). The fraction of sp³-hybridized carbons (Fsp3) is 0.211. The molecule has 0 aliphatic carbocycles. The average Bonchev–Trinajstić information content (AvgIpc) is 3.13. The fourth-order valence-electron chi connectivity index (χ4n) is 3.32. The predicted octanol–water partition coefficient (Wildman–Crippen LogP) is 1.73. The normalized spacial score (nSPS) is 16.8. The molecule has 2 heterocycles. The van der Waals surface area contributed by atoms with Gasteiger partial charge in [0.2, 0.25) is 0 Å². The molecule has 1 unspecified atom stereocenters. The Labute approximate surface area is 171 Å². The molecule has 0 saturated heterocycles. The highest BCUT2D eigenvalue weighted by atomic mass is 79.9. The lowest BCUT2D eigenvalue weighted by molar-refractivity contribution is 0.362. The molecule has 7 nitrogen and oxygen atoms in total. The van der Waals surface area contributed by atoms with Crippen LogP contribution in [0.3, 0.4) is 0 Å². The van der Waals surface area contributed by atoms with Gasteiger partial charge in [0.1, 0.15) is 4.95 Å². The van der Waals surface area contributed by atoms with Gasteiger partial charge in [-0.25, -0.2) is 8.42 Å². The quantitative estimate of drug-likeness (QED) is 0.469. The molecule has 28 heavy (non-hydrogen) atoms. The van der Waals surface area contributed by atoms with Crippen molar-refractivity contribution in [1.29, 1.82) is 0 Å². The smallest absolute Gasteiger partial charge is 0.258 e. The maximum Gasteiger partial charge on any atom is 0.258 e. The summed E-state index contributed by atoms with van der Waals surface area (Å²) in [5, 5.41) is 7.53. The van der Waals surface area contributed by atoms with E-state index in [9.17, 15) is 8.42 Å². The van der Waals surface area contributed by atoms with Crippen molar-refractivity contribution in [2.24, 2.45) is 0 Å². The van der Waals surface area contributed by atoms with Gasteiger partial charge in [-0.05, 0) is 19.1 Å². The first-order chi connectivity index (χ1) is 13.3. The van der Waals surface area contributed by atoms with Crippen LogP contribution in [-0.2, 0) is 10.0 Å².